The lowest BCUT2D eigenvalue weighted by Gasteiger charge is -2.28. The third-order valence-corrected chi connectivity index (χ3v) is 4.84. The minimum atomic E-state index is -0.253. The minimum Gasteiger partial charge on any atom is -0.320 e. The van der Waals surface area contributed by atoms with Crippen molar-refractivity contribution in [3.05, 3.63) is 35.9 Å². The van der Waals surface area contributed by atoms with Gasteiger partial charge in [-0.15, -0.1) is 0 Å². The molecular formula is C17H25N3O. The summed E-state index contributed by atoms with van der Waals surface area (Å²) in [6.07, 6.45) is 1.99. The van der Waals surface area contributed by atoms with E-state index in [-0.39, 0.29) is 17.6 Å². The van der Waals surface area contributed by atoms with E-state index in [2.05, 4.69) is 43.2 Å². The van der Waals surface area contributed by atoms with Crippen molar-refractivity contribution in [3.8, 4) is 0 Å². The van der Waals surface area contributed by atoms with Crippen LogP contribution >= 0.6 is 0 Å². The van der Waals surface area contributed by atoms with Crippen molar-refractivity contribution >= 4 is 5.91 Å². The molecule has 0 bridgehead atoms. The van der Waals surface area contributed by atoms with Crippen molar-refractivity contribution in [2.24, 2.45) is 0 Å². The van der Waals surface area contributed by atoms with Gasteiger partial charge < -0.3 is 9.80 Å². The fourth-order valence-electron chi connectivity index (χ4n) is 2.93. The zero-order chi connectivity index (χ0) is 15.0. The second-order valence-electron chi connectivity index (χ2n) is 6.61. The number of hydrogen-bond donors (Lipinski definition) is 1. The van der Waals surface area contributed by atoms with Crippen molar-refractivity contribution < 1.29 is 4.79 Å². The maximum Gasteiger partial charge on any atom is 0.244 e. The van der Waals surface area contributed by atoms with Gasteiger partial charge in [0.2, 0.25) is 5.91 Å². The van der Waals surface area contributed by atoms with Gasteiger partial charge in [-0.05, 0) is 39.3 Å². The normalized spacial score (nSPS) is 23.6. The number of nitrogens with zero attached hydrogens (tertiary/aromatic N) is 2. The molecular weight excluding hydrogens is 262 g/mol. The Morgan fingerprint density at radius 2 is 2.00 bits per heavy atom. The van der Waals surface area contributed by atoms with Gasteiger partial charge in [-0.25, -0.2) is 0 Å². The van der Waals surface area contributed by atoms with Crippen molar-refractivity contribution in [1.29, 1.82) is 0 Å². The number of benzene rings is 1. The number of rotatable bonds is 5. The van der Waals surface area contributed by atoms with Crippen LogP contribution in [0.3, 0.4) is 0 Å². The molecule has 21 heavy (non-hydrogen) atoms. The number of amides is 1. The Kier molecular flexibility index (Phi) is 3.76. The molecule has 3 rings (SSSR count). The van der Waals surface area contributed by atoms with Crippen LogP contribution in [-0.2, 0) is 4.79 Å². The van der Waals surface area contributed by atoms with Crippen molar-refractivity contribution in [2.45, 2.75) is 44.4 Å². The summed E-state index contributed by atoms with van der Waals surface area (Å²) in [6.45, 7) is 6.05. The molecule has 4 heteroatoms. The molecule has 1 aliphatic heterocycles. The SMILES string of the molecule is CC(C)N(C)CCN1C(=O)C2(CC2)NC1c1ccccc1. The summed E-state index contributed by atoms with van der Waals surface area (Å²) in [5.74, 6) is 0.286. The lowest BCUT2D eigenvalue weighted by atomic mass is 10.1. The monoisotopic (exact) mass is 287 g/mol. The Labute approximate surface area is 127 Å². The van der Waals surface area contributed by atoms with E-state index in [1.54, 1.807) is 0 Å². The van der Waals surface area contributed by atoms with Gasteiger partial charge in [-0.3, -0.25) is 10.1 Å². The van der Waals surface area contributed by atoms with Crippen LogP contribution in [0.5, 0.6) is 0 Å². The first-order valence-corrected chi connectivity index (χ1v) is 7.87. The molecule has 1 unspecified atom stereocenters. The van der Waals surface area contributed by atoms with E-state index in [9.17, 15) is 4.79 Å². The molecule has 2 fully saturated rings. The molecule has 1 N–H and O–H groups in total. The molecule has 1 aromatic carbocycles. The van der Waals surface area contributed by atoms with Gasteiger partial charge in [0, 0.05) is 19.1 Å². The lowest BCUT2D eigenvalue weighted by molar-refractivity contribution is -0.131. The topological polar surface area (TPSA) is 35.6 Å². The van der Waals surface area contributed by atoms with E-state index in [0.29, 0.717) is 6.04 Å². The molecule has 1 aliphatic carbocycles. The zero-order valence-electron chi connectivity index (χ0n) is 13.2. The largest absolute Gasteiger partial charge is 0.320 e. The van der Waals surface area contributed by atoms with Gasteiger partial charge in [-0.2, -0.15) is 0 Å². The van der Waals surface area contributed by atoms with Crippen LogP contribution < -0.4 is 5.32 Å². The predicted octanol–water partition coefficient (Wildman–Crippen LogP) is 1.99. The molecule has 4 nitrogen and oxygen atoms in total. The highest BCUT2D eigenvalue weighted by Crippen LogP contribution is 2.45. The first-order chi connectivity index (χ1) is 10.0. The standard InChI is InChI=1S/C17H25N3O/c1-13(2)19(3)11-12-20-15(14-7-5-4-6-8-14)18-17(9-10-17)16(20)21/h4-8,13,15,18H,9-12H2,1-3H3. The fraction of sp³-hybridized carbons (Fsp3) is 0.588. The van der Waals surface area contributed by atoms with Crippen LogP contribution in [0, 0.1) is 0 Å². The van der Waals surface area contributed by atoms with Crippen LogP contribution in [0.4, 0.5) is 0 Å². The van der Waals surface area contributed by atoms with Gasteiger partial charge in [0.25, 0.3) is 0 Å². The first-order valence-electron chi connectivity index (χ1n) is 7.87. The minimum absolute atomic E-state index is 0.0294. The zero-order valence-corrected chi connectivity index (χ0v) is 13.2. The second kappa shape index (κ2) is 5.43. The highest BCUT2D eigenvalue weighted by atomic mass is 16.2. The molecule has 1 heterocycles. The third kappa shape index (κ3) is 2.70. The maximum atomic E-state index is 12.7. The molecule has 1 aromatic rings. The average Bonchev–Trinajstić information content (AvgIpc) is 3.21. The Balaban J connectivity index is 1.76. The molecule has 1 amide bonds. The summed E-state index contributed by atoms with van der Waals surface area (Å²) >= 11 is 0. The highest BCUT2D eigenvalue weighted by molar-refractivity contribution is 5.92. The maximum absolute atomic E-state index is 12.7. The molecule has 2 aliphatic rings. The third-order valence-electron chi connectivity index (χ3n) is 4.84. The molecule has 114 valence electrons. The highest BCUT2D eigenvalue weighted by Gasteiger charge is 2.59. The Hall–Kier alpha value is -1.39. The van der Waals surface area contributed by atoms with E-state index >= 15 is 0 Å². The molecule has 0 radical (unpaired) electrons. The van der Waals surface area contributed by atoms with E-state index in [0.717, 1.165) is 25.9 Å². The van der Waals surface area contributed by atoms with Crippen LogP contribution in [0.15, 0.2) is 30.3 Å². The Bertz CT molecular complexity index is 510. The van der Waals surface area contributed by atoms with E-state index < -0.39 is 0 Å². The van der Waals surface area contributed by atoms with Crippen LogP contribution in [0.25, 0.3) is 0 Å². The van der Waals surface area contributed by atoms with Crippen LogP contribution in [0.2, 0.25) is 0 Å². The molecule has 1 saturated heterocycles. The summed E-state index contributed by atoms with van der Waals surface area (Å²) in [5, 5.41) is 3.57. The van der Waals surface area contributed by atoms with Crippen LogP contribution in [-0.4, -0.2) is 47.4 Å². The second-order valence-corrected chi connectivity index (χ2v) is 6.61. The summed E-state index contributed by atoms with van der Waals surface area (Å²) in [7, 11) is 2.11. The number of nitrogens with one attached hydrogen (secondary N) is 1. The summed E-state index contributed by atoms with van der Waals surface area (Å²) < 4.78 is 0. The lowest BCUT2D eigenvalue weighted by Crippen LogP contribution is -2.39. The predicted molar refractivity (Wildman–Crippen MR) is 83.8 cm³/mol. The molecule has 1 saturated carbocycles. The van der Waals surface area contributed by atoms with Gasteiger partial charge in [0.15, 0.2) is 0 Å². The van der Waals surface area contributed by atoms with Gasteiger partial charge in [0.05, 0.1) is 0 Å². The Morgan fingerprint density at radius 3 is 2.57 bits per heavy atom. The number of carbonyl (C=O) groups is 1. The molecule has 1 atom stereocenters. The molecule has 1 spiro atoms. The van der Waals surface area contributed by atoms with Crippen molar-refractivity contribution in [2.75, 3.05) is 20.1 Å². The van der Waals surface area contributed by atoms with Gasteiger partial charge in [-0.1, -0.05) is 30.3 Å². The number of carbonyl (C=O) groups excluding carboxylic acids is 1. The van der Waals surface area contributed by atoms with Crippen molar-refractivity contribution in [1.82, 2.24) is 15.1 Å². The molecule has 0 aromatic heterocycles. The smallest absolute Gasteiger partial charge is 0.244 e. The Morgan fingerprint density at radius 1 is 1.33 bits per heavy atom. The van der Waals surface area contributed by atoms with E-state index in [4.69, 9.17) is 0 Å². The van der Waals surface area contributed by atoms with E-state index in [1.807, 2.05) is 23.1 Å². The van der Waals surface area contributed by atoms with Gasteiger partial charge >= 0.3 is 0 Å². The van der Waals surface area contributed by atoms with Gasteiger partial charge in [0.1, 0.15) is 11.7 Å². The average molecular weight is 287 g/mol. The number of likely N-dealkylation sites (N-methyl/N-ethyl adjacent to an activating group) is 1. The first kappa shape index (κ1) is 14.5. The van der Waals surface area contributed by atoms with Crippen molar-refractivity contribution in [3.63, 3.8) is 0 Å². The summed E-state index contributed by atoms with van der Waals surface area (Å²) in [4.78, 5) is 17.0. The quantitative estimate of drug-likeness (QED) is 0.899. The fourth-order valence-corrected chi connectivity index (χ4v) is 2.93. The van der Waals surface area contributed by atoms with Crippen LogP contribution in [0.1, 0.15) is 38.4 Å². The number of hydrogen-bond acceptors (Lipinski definition) is 3. The summed E-state index contributed by atoms with van der Waals surface area (Å²) in [5.41, 5.74) is 0.929. The van der Waals surface area contributed by atoms with E-state index in [1.165, 1.54) is 5.56 Å². The summed E-state index contributed by atoms with van der Waals surface area (Å²) in [6, 6.07) is 10.8.